The molecule has 2 rings (SSSR count). The van der Waals surface area contributed by atoms with Crippen LogP contribution < -0.4 is 0 Å². The highest BCUT2D eigenvalue weighted by Crippen LogP contribution is 2.60. The van der Waals surface area contributed by atoms with Crippen LogP contribution in [0.25, 0.3) is 0 Å². The summed E-state index contributed by atoms with van der Waals surface area (Å²) in [4.78, 5) is 24.0. The number of halogens is 4. The van der Waals surface area contributed by atoms with Crippen molar-refractivity contribution in [3.63, 3.8) is 0 Å². The van der Waals surface area contributed by atoms with Crippen molar-refractivity contribution >= 4 is 35.1 Å². The average molecular weight is 421 g/mol. The molecule has 0 amide bonds. The highest BCUT2D eigenvalue weighted by Gasteiger charge is 2.61. The van der Waals surface area contributed by atoms with Gasteiger partial charge >= 0.3 is 11.9 Å². The van der Waals surface area contributed by atoms with Gasteiger partial charge in [-0.2, -0.15) is 0 Å². The van der Waals surface area contributed by atoms with E-state index >= 15 is 0 Å². The Labute approximate surface area is 166 Å². The summed E-state index contributed by atoms with van der Waals surface area (Å²) in [6.45, 7) is 6.07. The van der Waals surface area contributed by atoms with E-state index in [-0.39, 0.29) is 27.1 Å². The van der Waals surface area contributed by atoms with Gasteiger partial charge in [0.25, 0.3) is 0 Å². The third-order valence-electron chi connectivity index (χ3n) is 5.03. The van der Waals surface area contributed by atoms with Gasteiger partial charge in [-0.15, -0.1) is 0 Å². The maximum absolute atomic E-state index is 13.9. The summed E-state index contributed by atoms with van der Waals surface area (Å²) in [7, 11) is 1.27. The van der Waals surface area contributed by atoms with Crippen molar-refractivity contribution in [2.45, 2.75) is 34.3 Å². The highest BCUT2D eigenvalue weighted by molar-refractivity contribution is 6.36. The van der Waals surface area contributed by atoms with Crippen molar-refractivity contribution in [2.75, 3.05) is 7.11 Å². The summed E-state index contributed by atoms with van der Waals surface area (Å²) in [6.07, 6.45) is 1.67. The molecule has 8 heteroatoms. The van der Waals surface area contributed by atoms with Crippen molar-refractivity contribution in [1.82, 2.24) is 0 Å². The van der Waals surface area contributed by atoms with E-state index in [1.165, 1.54) is 14.0 Å². The second-order valence-corrected chi connectivity index (χ2v) is 7.89. The number of carbonyl (C=O) groups excluding carboxylic acids is 2. The van der Waals surface area contributed by atoms with E-state index in [0.29, 0.717) is 5.57 Å². The van der Waals surface area contributed by atoms with Crippen molar-refractivity contribution in [3.05, 3.63) is 44.5 Å². The fourth-order valence-electron chi connectivity index (χ4n) is 3.08. The number of allylic oxidation sites excluding steroid dienone is 1. The molecule has 4 nitrogen and oxygen atoms in total. The number of benzene rings is 1. The number of hydrogen-bond acceptors (Lipinski definition) is 4. The number of methoxy groups -OCH3 is 1. The Balaban J connectivity index is 2.15. The zero-order valence-electron chi connectivity index (χ0n) is 15.6. The molecular weight excluding hydrogens is 401 g/mol. The lowest BCUT2D eigenvalue weighted by Crippen LogP contribution is -2.12. The smallest absolute Gasteiger partial charge is 0.333 e. The SMILES string of the molecule is COC(=O)/C(C)=C/[C@@H]1[C@@H](C(=O)OCc2c(Cl)c(F)c(C)c(F)c2Cl)C1(C)C. The first-order valence-corrected chi connectivity index (χ1v) is 8.95. The van der Waals surface area contributed by atoms with E-state index in [1.807, 2.05) is 13.8 Å². The van der Waals surface area contributed by atoms with Crippen molar-refractivity contribution < 1.29 is 27.8 Å². The zero-order valence-corrected chi connectivity index (χ0v) is 17.1. The first-order valence-electron chi connectivity index (χ1n) is 8.19. The molecule has 0 unspecified atom stereocenters. The summed E-state index contributed by atoms with van der Waals surface area (Å²) >= 11 is 11.8. The molecule has 1 aliphatic carbocycles. The second-order valence-electron chi connectivity index (χ2n) is 7.13. The molecule has 1 aromatic rings. The number of rotatable bonds is 5. The minimum atomic E-state index is -0.939. The largest absolute Gasteiger partial charge is 0.466 e. The summed E-state index contributed by atoms with van der Waals surface area (Å²) < 4.78 is 37.7. The number of carbonyl (C=O) groups is 2. The summed E-state index contributed by atoms with van der Waals surface area (Å²) in [5, 5.41) is -0.750. The van der Waals surface area contributed by atoms with Crippen LogP contribution >= 0.6 is 23.2 Å². The van der Waals surface area contributed by atoms with Gasteiger partial charge in [0, 0.05) is 16.7 Å². The van der Waals surface area contributed by atoms with E-state index in [9.17, 15) is 18.4 Å². The van der Waals surface area contributed by atoms with Crippen LogP contribution in [0.4, 0.5) is 8.78 Å². The molecule has 0 heterocycles. The molecule has 0 aromatic heterocycles. The topological polar surface area (TPSA) is 52.6 Å². The number of esters is 2. The molecule has 0 radical (unpaired) electrons. The van der Waals surface area contributed by atoms with Gasteiger partial charge in [-0.25, -0.2) is 13.6 Å². The summed E-state index contributed by atoms with van der Waals surface area (Å²) in [6, 6.07) is 0. The Morgan fingerprint density at radius 3 is 2.19 bits per heavy atom. The first-order chi connectivity index (χ1) is 12.4. The van der Waals surface area contributed by atoms with Crippen LogP contribution in [0.5, 0.6) is 0 Å². The van der Waals surface area contributed by atoms with Crippen LogP contribution in [-0.4, -0.2) is 19.0 Å². The van der Waals surface area contributed by atoms with Gasteiger partial charge in [-0.05, 0) is 25.2 Å². The van der Waals surface area contributed by atoms with E-state index in [1.54, 1.807) is 13.0 Å². The Kier molecular flexibility index (Phi) is 6.22. The number of ether oxygens (including phenoxy) is 2. The van der Waals surface area contributed by atoms with Gasteiger partial charge in [-0.3, -0.25) is 4.79 Å². The summed E-state index contributed by atoms with van der Waals surface area (Å²) in [5.41, 5.74) is -0.459. The maximum atomic E-state index is 13.9. The van der Waals surface area contributed by atoms with Crippen LogP contribution in [-0.2, 0) is 25.7 Å². The molecule has 1 saturated carbocycles. The molecule has 0 bridgehead atoms. The lowest BCUT2D eigenvalue weighted by Gasteiger charge is -2.12. The van der Waals surface area contributed by atoms with E-state index in [0.717, 1.165) is 0 Å². The fourth-order valence-corrected chi connectivity index (χ4v) is 3.71. The molecular formula is C19H20Cl2F2O4. The summed E-state index contributed by atoms with van der Waals surface area (Å²) in [5.74, 6) is -3.64. The van der Waals surface area contributed by atoms with Gasteiger partial charge < -0.3 is 9.47 Å². The predicted octanol–water partition coefficient (Wildman–Crippen LogP) is 5.01. The van der Waals surface area contributed by atoms with Gasteiger partial charge in [0.2, 0.25) is 0 Å². The molecule has 0 aliphatic heterocycles. The molecule has 27 heavy (non-hydrogen) atoms. The van der Waals surface area contributed by atoms with Gasteiger partial charge in [0.15, 0.2) is 0 Å². The predicted molar refractivity (Wildman–Crippen MR) is 97.4 cm³/mol. The average Bonchev–Trinajstić information content (AvgIpc) is 3.17. The van der Waals surface area contributed by atoms with E-state index < -0.39 is 41.5 Å². The lowest BCUT2D eigenvalue weighted by atomic mass is 10.1. The molecule has 1 aromatic carbocycles. The van der Waals surface area contributed by atoms with Crippen molar-refractivity contribution in [2.24, 2.45) is 17.3 Å². The molecule has 1 fully saturated rings. The lowest BCUT2D eigenvalue weighted by molar-refractivity contribution is -0.147. The van der Waals surface area contributed by atoms with E-state index in [4.69, 9.17) is 27.9 Å². The van der Waals surface area contributed by atoms with Gasteiger partial charge in [0.05, 0.1) is 23.1 Å². The first kappa shape index (κ1) is 21.6. The molecule has 0 N–H and O–H groups in total. The maximum Gasteiger partial charge on any atom is 0.333 e. The Morgan fingerprint density at radius 1 is 1.19 bits per heavy atom. The van der Waals surface area contributed by atoms with Gasteiger partial charge in [-0.1, -0.05) is 43.1 Å². The van der Waals surface area contributed by atoms with Crippen LogP contribution in [0, 0.1) is 35.8 Å². The van der Waals surface area contributed by atoms with Crippen molar-refractivity contribution in [3.8, 4) is 0 Å². The minimum absolute atomic E-state index is 0.122. The van der Waals surface area contributed by atoms with Crippen LogP contribution in [0.15, 0.2) is 11.6 Å². The monoisotopic (exact) mass is 420 g/mol. The quantitative estimate of drug-likeness (QED) is 0.381. The van der Waals surface area contributed by atoms with Crippen LogP contribution in [0.1, 0.15) is 31.9 Å². The van der Waals surface area contributed by atoms with Crippen molar-refractivity contribution in [1.29, 1.82) is 0 Å². The third kappa shape index (κ3) is 3.97. The zero-order chi connectivity index (χ0) is 20.7. The molecule has 2 atom stereocenters. The minimum Gasteiger partial charge on any atom is -0.466 e. The Morgan fingerprint density at radius 2 is 1.70 bits per heavy atom. The molecule has 1 aliphatic rings. The standard InChI is InChI=1S/C19H20Cl2F2O4/c1-8(17(24)26-5)6-11-12(19(11,3)4)18(25)27-7-10-13(20)15(22)9(2)16(23)14(10)21/h6,11-12H,7H2,1-5H3/b8-6+/t11-,12+/m1/s1. The van der Waals surface area contributed by atoms with Crippen LogP contribution in [0.2, 0.25) is 10.0 Å². The fraction of sp³-hybridized carbons (Fsp3) is 0.474. The second kappa shape index (κ2) is 7.76. The van der Waals surface area contributed by atoms with Crippen LogP contribution in [0.3, 0.4) is 0 Å². The van der Waals surface area contributed by atoms with Gasteiger partial charge in [0.1, 0.15) is 18.2 Å². The molecule has 0 spiro atoms. The highest BCUT2D eigenvalue weighted by atomic mass is 35.5. The third-order valence-corrected chi connectivity index (χ3v) is 5.82. The number of hydrogen-bond donors (Lipinski definition) is 0. The normalized spacial score (nSPS) is 21.0. The Hall–Kier alpha value is -1.66. The van der Waals surface area contributed by atoms with E-state index in [2.05, 4.69) is 4.74 Å². The Bertz CT molecular complexity index is 804. The molecule has 148 valence electrons. The molecule has 0 saturated heterocycles.